The Balaban J connectivity index is 1.16. The van der Waals surface area contributed by atoms with Gasteiger partial charge in [0.1, 0.15) is 22.7 Å². The number of nitrogens with one attached hydrogen (secondary N) is 2. The summed E-state index contributed by atoms with van der Waals surface area (Å²) in [6.45, 7) is 7.22. The molecule has 0 fully saturated rings. The summed E-state index contributed by atoms with van der Waals surface area (Å²) >= 11 is 0. The summed E-state index contributed by atoms with van der Waals surface area (Å²) in [5, 5.41) is 48.2. The minimum absolute atomic E-state index is 0.0286. The lowest BCUT2D eigenvalue weighted by atomic mass is 10.0. The first-order valence-electron chi connectivity index (χ1n) is 19.6. The van der Waals surface area contributed by atoms with Crippen LogP contribution in [0.2, 0.25) is 0 Å². The van der Waals surface area contributed by atoms with Crippen LogP contribution < -0.4 is 10.6 Å². The van der Waals surface area contributed by atoms with Crippen molar-refractivity contribution >= 4 is 79.4 Å². The Kier molecular flexibility index (Phi) is 12.4. The lowest BCUT2D eigenvalue weighted by Gasteiger charge is -2.16. The van der Waals surface area contributed by atoms with Gasteiger partial charge in [0, 0.05) is 22.1 Å². The number of fused-ring (bicyclic) bond motifs is 2. The molecule has 0 unspecified atom stereocenters. The van der Waals surface area contributed by atoms with Crippen LogP contribution >= 0.6 is 0 Å². The number of azo groups is 2. The van der Waals surface area contributed by atoms with E-state index < -0.39 is 35.3 Å². The van der Waals surface area contributed by atoms with Crippen molar-refractivity contribution in [2.24, 2.45) is 20.5 Å². The summed E-state index contributed by atoms with van der Waals surface area (Å²) in [6.07, 6.45) is 0. The van der Waals surface area contributed by atoms with Crippen LogP contribution in [0.1, 0.15) is 66.4 Å². The van der Waals surface area contributed by atoms with Gasteiger partial charge in [-0.1, -0.05) is 72.8 Å². The van der Waals surface area contributed by atoms with E-state index in [1.807, 2.05) is 0 Å². The highest BCUT2D eigenvalue weighted by Crippen LogP contribution is 2.42. The van der Waals surface area contributed by atoms with E-state index >= 15 is 0 Å². The summed E-state index contributed by atoms with van der Waals surface area (Å²) in [7, 11) is 0. The van der Waals surface area contributed by atoms with Crippen LogP contribution in [-0.2, 0) is 9.47 Å². The van der Waals surface area contributed by atoms with E-state index in [9.17, 15) is 29.4 Å². The SMILES string of the molecule is CCOC(=O)c1ccccc1N=Nc1c(O)c(C(=O)Nc2cc(C)c(NC(=O)c3cc4ccccc4c(N=Nc4ccccc4C(=O)OCC)c3O)cc2C)cc2ccccc12. The fraction of sp³-hybridized carbons (Fsp3) is 0.125. The van der Waals surface area contributed by atoms with Gasteiger partial charge in [0.05, 0.1) is 35.5 Å². The molecule has 7 rings (SSSR count). The van der Waals surface area contributed by atoms with Gasteiger partial charge in [-0.25, -0.2) is 9.59 Å². The van der Waals surface area contributed by atoms with Gasteiger partial charge in [-0.05, 0) is 98.1 Å². The number of aromatic hydroxyl groups is 2. The zero-order valence-corrected chi connectivity index (χ0v) is 34.1. The number of hydrogen-bond acceptors (Lipinski definition) is 12. The highest BCUT2D eigenvalue weighted by molar-refractivity contribution is 6.14. The standard InChI is InChI=1S/C48H40N6O8/c1-5-61-47(59)33-19-11-13-21-37(33)51-53-41-31-17-9-7-15-29(31)25-35(43(41)55)45(57)49-39-23-28(4)40(24-27(39)3)50-46(58)36-26-30-16-8-10-18-32(30)42(44(36)56)54-52-38-22-14-12-20-34(38)48(60)62-6-2/h7-26,55-56H,5-6H2,1-4H3,(H,49,57)(H,50,58). The Hall–Kier alpha value is -8.26. The zero-order chi connectivity index (χ0) is 43.9. The molecule has 0 aliphatic heterocycles. The topological polar surface area (TPSA) is 201 Å². The van der Waals surface area contributed by atoms with Crippen molar-refractivity contribution in [2.45, 2.75) is 27.7 Å². The molecule has 0 aliphatic rings. The average molecular weight is 829 g/mol. The highest BCUT2D eigenvalue weighted by Gasteiger charge is 2.23. The molecule has 0 saturated heterocycles. The molecule has 4 N–H and O–H groups in total. The van der Waals surface area contributed by atoms with Gasteiger partial charge >= 0.3 is 11.9 Å². The molecule has 310 valence electrons. The molecule has 14 heteroatoms. The maximum atomic E-state index is 13.9. The van der Waals surface area contributed by atoms with Crippen LogP contribution in [0, 0.1) is 13.8 Å². The van der Waals surface area contributed by atoms with E-state index in [4.69, 9.17) is 9.47 Å². The number of benzene rings is 7. The third kappa shape index (κ3) is 8.70. The Morgan fingerprint density at radius 2 is 0.871 bits per heavy atom. The molecule has 0 atom stereocenters. The van der Waals surface area contributed by atoms with Gasteiger partial charge in [-0.2, -0.15) is 0 Å². The number of amides is 2. The third-order valence-electron chi connectivity index (χ3n) is 9.86. The lowest BCUT2D eigenvalue weighted by molar-refractivity contribution is 0.0517. The molecular weight excluding hydrogens is 789 g/mol. The predicted octanol–water partition coefficient (Wildman–Crippen LogP) is 11.7. The van der Waals surface area contributed by atoms with E-state index in [0.717, 1.165) is 0 Å². The van der Waals surface area contributed by atoms with Gasteiger partial charge in [-0.15, -0.1) is 20.5 Å². The molecule has 0 saturated carbocycles. The number of nitrogens with zero attached hydrogens (tertiary/aromatic N) is 4. The van der Waals surface area contributed by atoms with Crippen molar-refractivity contribution in [1.82, 2.24) is 0 Å². The van der Waals surface area contributed by atoms with Crippen LogP contribution in [0.15, 0.2) is 142 Å². The van der Waals surface area contributed by atoms with Crippen LogP contribution in [0.4, 0.5) is 34.1 Å². The number of ether oxygens (including phenoxy) is 2. The largest absolute Gasteiger partial charge is 0.505 e. The molecule has 7 aromatic carbocycles. The number of aryl methyl sites for hydroxylation is 2. The Bertz CT molecular complexity index is 2780. The fourth-order valence-corrected chi connectivity index (χ4v) is 6.74. The molecule has 0 heterocycles. The molecule has 0 spiro atoms. The number of carbonyl (C=O) groups excluding carboxylic acids is 4. The number of carbonyl (C=O) groups is 4. The van der Waals surface area contributed by atoms with Crippen molar-refractivity contribution in [3.05, 3.63) is 155 Å². The molecule has 2 amide bonds. The summed E-state index contributed by atoms with van der Waals surface area (Å²) < 4.78 is 10.3. The van der Waals surface area contributed by atoms with Crippen LogP contribution in [0.5, 0.6) is 11.5 Å². The summed E-state index contributed by atoms with van der Waals surface area (Å²) in [5.41, 5.74) is 2.70. The highest BCUT2D eigenvalue weighted by atomic mass is 16.5. The van der Waals surface area contributed by atoms with Crippen molar-refractivity contribution in [3.63, 3.8) is 0 Å². The number of esters is 2. The smallest absolute Gasteiger partial charge is 0.340 e. The number of hydrogen-bond donors (Lipinski definition) is 4. The van der Waals surface area contributed by atoms with Gasteiger partial charge < -0.3 is 30.3 Å². The first-order valence-corrected chi connectivity index (χ1v) is 19.6. The first kappa shape index (κ1) is 41.9. The monoisotopic (exact) mass is 828 g/mol. The second-order valence-electron chi connectivity index (χ2n) is 14.0. The first-order chi connectivity index (χ1) is 30.0. The van der Waals surface area contributed by atoms with Gasteiger partial charge in [0.25, 0.3) is 11.8 Å². The molecule has 62 heavy (non-hydrogen) atoms. The van der Waals surface area contributed by atoms with Gasteiger partial charge in [0.15, 0.2) is 11.5 Å². The minimum atomic E-state index is -0.636. The van der Waals surface area contributed by atoms with E-state index in [-0.39, 0.29) is 58.2 Å². The lowest BCUT2D eigenvalue weighted by Crippen LogP contribution is -2.15. The van der Waals surface area contributed by atoms with Gasteiger partial charge in [0.2, 0.25) is 0 Å². The van der Waals surface area contributed by atoms with E-state index in [1.165, 1.54) is 0 Å². The molecule has 0 bridgehead atoms. The maximum absolute atomic E-state index is 13.9. The van der Waals surface area contributed by atoms with Crippen LogP contribution in [0.3, 0.4) is 0 Å². The predicted molar refractivity (Wildman–Crippen MR) is 236 cm³/mol. The Morgan fingerprint density at radius 3 is 1.27 bits per heavy atom. The third-order valence-corrected chi connectivity index (χ3v) is 9.86. The quantitative estimate of drug-likeness (QED) is 0.0688. The molecule has 0 aromatic heterocycles. The molecule has 0 aliphatic carbocycles. The average Bonchev–Trinajstić information content (AvgIpc) is 3.27. The van der Waals surface area contributed by atoms with Gasteiger partial charge in [-0.3, -0.25) is 9.59 Å². The number of phenols is 2. The summed E-state index contributed by atoms with van der Waals surface area (Å²) in [4.78, 5) is 52.9. The minimum Gasteiger partial charge on any atom is -0.505 e. The molecule has 14 nitrogen and oxygen atoms in total. The van der Waals surface area contributed by atoms with E-state index in [2.05, 4.69) is 31.1 Å². The number of rotatable bonds is 12. The van der Waals surface area contributed by atoms with Crippen LogP contribution in [0.25, 0.3) is 21.5 Å². The van der Waals surface area contributed by atoms with Crippen molar-refractivity contribution in [2.75, 3.05) is 23.8 Å². The molecule has 0 radical (unpaired) electrons. The fourth-order valence-electron chi connectivity index (χ4n) is 6.74. The number of anilines is 2. The zero-order valence-electron chi connectivity index (χ0n) is 34.1. The van der Waals surface area contributed by atoms with E-state index in [1.54, 1.807) is 149 Å². The molecular formula is C48H40N6O8. The van der Waals surface area contributed by atoms with Crippen LogP contribution in [-0.4, -0.2) is 47.2 Å². The maximum Gasteiger partial charge on any atom is 0.340 e. The molecule has 7 aromatic rings. The second kappa shape index (κ2) is 18.3. The van der Waals surface area contributed by atoms with Crippen molar-refractivity contribution in [3.8, 4) is 11.5 Å². The van der Waals surface area contributed by atoms with E-state index in [0.29, 0.717) is 44.0 Å². The number of phenolic OH excluding ortho intramolecular Hbond substituents is 2. The Labute approximate surface area is 355 Å². The van der Waals surface area contributed by atoms with Crippen molar-refractivity contribution < 1.29 is 38.9 Å². The second-order valence-corrected chi connectivity index (χ2v) is 14.0. The van der Waals surface area contributed by atoms with Crippen molar-refractivity contribution in [1.29, 1.82) is 0 Å². The Morgan fingerprint density at radius 1 is 0.500 bits per heavy atom. The summed E-state index contributed by atoms with van der Waals surface area (Å²) in [6, 6.07) is 33.6. The summed E-state index contributed by atoms with van der Waals surface area (Å²) in [5.74, 6) is -3.26. The normalized spacial score (nSPS) is 11.3.